The van der Waals surface area contributed by atoms with E-state index in [0.717, 1.165) is 23.3 Å². The van der Waals surface area contributed by atoms with Crippen LogP contribution in [-0.4, -0.2) is 10.3 Å². The average Bonchev–Trinajstić information content (AvgIpc) is 2.66. The fraction of sp³-hybridized carbons (Fsp3) is 0.182. The molecule has 0 aliphatic carbocycles. The number of phenolic OH excluding ortho intramolecular Hbond substituents is 1. The van der Waals surface area contributed by atoms with Crippen molar-refractivity contribution < 1.29 is 9.63 Å². The molecule has 72 valence electrons. The zero-order valence-electron chi connectivity index (χ0n) is 7.90. The van der Waals surface area contributed by atoms with E-state index in [4.69, 9.17) is 4.52 Å². The van der Waals surface area contributed by atoms with E-state index in [1.54, 1.807) is 18.3 Å². The standard InChI is InChI=1S/C11H11NO2/c1-2-11-9(7-12-14-11)8-5-3-4-6-10(8)13/h3-7,13H,2H2,1H3. The SMILES string of the molecule is CCc1oncc1-c1ccccc1O. The molecule has 3 nitrogen and oxygen atoms in total. The number of para-hydroxylation sites is 1. The minimum Gasteiger partial charge on any atom is -0.507 e. The van der Waals surface area contributed by atoms with Crippen molar-refractivity contribution in [3.63, 3.8) is 0 Å². The highest BCUT2D eigenvalue weighted by Crippen LogP contribution is 2.31. The number of phenols is 1. The molecule has 0 bridgehead atoms. The summed E-state index contributed by atoms with van der Waals surface area (Å²) >= 11 is 0. The third-order valence-electron chi connectivity index (χ3n) is 2.16. The fourth-order valence-corrected chi connectivity index (χ4v) is 1.44. The van der Waals surface area contributed by atoms with Crippen LogP contribution >= 0.6 is 0 Å². The molecule has 0 spiro atoms. The second-order valence-corrected chi connectivity index (χ2v) is 3.03. The largest absolute Gasteiger partial charge is 0.507 e. The molecule has 2 rings (SSSR count). The van der Waals surface area contributed by atoms with Gasteiger partial charge in [0.2, 0.25) is 0 Å². The van der Waals surface area contributed by atoms with E-state index in [-0.39, 0.29) is 5.75 Å². The molecule has 0 amide bonds. The molecule has 0 saturated heterocycles. The lowest BCUT2D eigenvalue weighted by Crippen LogP contribution is -1.81. The van der Waals surface area contributed by atoms with Gasteiger partial charge in [-0.15, -0.1) is 0 Å². The summed E-state index contributed by atoms with van der Waals surface area (Å²) in [4.78, 5) is 0. The van der Waals surface area contributed by atoms with Crippen molar-refractivity contribution >= 4 is 0 Å². The molecule has 0 aliphatic heterocycles. The molecule has 1 aromatic heterocycles. The molecule has 0 fully saturated rings. The summed E-state index contributed by atoms with van der Waals surface area (Å²) in [6.45, 7) is 1.99. The van der Waals surface area contributed by atoms with Crippen LogP contribution in [0.15, 0.2) is 35.0 Å². The molecule has 1 heterocycles. The number of benzene rings is 1. The van der Waals surface area contributed by atoms with Gasteiger partial charge in [-0.05, 0) is 6.07 Å². The first kappa shape index (κ1) is 8.81. The van der Waals surface area contributed by atoms with Crippen LogP contribution in [0.25, 0.3) is 11.1 Å². The normalized spacial score (nSPS) is 10.4. The number of hydrogen-bond acceptors (Lipinski definition) is 3. The highest BCUT2D eigenvalue weighted by molar-refractivity contribution is 5.70. The molecular weight excluding hydrogens is 178 g/mol. The van der Waals surface area contributed by atoms with Gasteiger partial charge in [-0.25, -0.2) is 0 Å². The summed E-state index contributed by atoms with van der Waals surface area (Å²) in [6.07, 6.45) is 2.40. The van der Waals surface area contributed by atoms with Gasteiger partial charge in [0.25, 0.3) is 0 Å². The predicted octanol–water partition coefficient (Wildman–Crippen LogP) is 2.61. The van der Waals surface area contributed by atoms with Crippen molar-refractivity contribution in [2.24, 2.45) is 0 Å². The Morgan fingerprint density at radius 2 is 2.07 bits per heavy atom. The van der Waals surface area contributed by atoms with Gasteiger partial charge in [0.15, 0.2) is 0 Å². The van der Waals surface area contributed by atoms with Gasteiger partial charge in [0.05, 0.1) is 6.20 Å². The average molecular weight is 189 g/mol. The lowest BCUT2D eigenvalue weighted by atomic mass is 10.1. The van der Waals surface area contributed by atoms with E-state index in [2.05, 4.69) is 5.16 Å². The summed E-state index contributed by atoms with van der Waals surface area (Å²) < 4.78 is 5.06. The minimum atomic E-state index is 0.255. The van der Waals surface area contributed by atoms with Crippen LogP contribution in [0.5, 0.6) is 5.75 Å². The van der Waals surface area contributed by atoms with Crippen molar-refractivity contribution in [2.75, 3.05) is 0 Å². The van der Waals surface area contributed by atoms with Gasteiger partial charge in [-0.3, -0.25) is 0 Å². The molecular formula is C11H11NO2. The Kier molecular flexibility index (Phi) is 2.23. The van der Waals surface area contributed by atoms with Crippen LogP contribution in [0.1, 0.15) is 12.7 Å². The van der Waals surface area contributed by atoms with Crippen molar-refractivity contribution in [3.05, 3.63) is 36.2 Å². The van der Waals surface area contributed by atoms with Gasteiger partial charge < -0.3 is 9.63 Å². The third-order valence-corrected chi connectivity index (χ3v) is 2.16. The van der Waals surface area contributed by atoms with Gasteiger partial charge in [0.1, 0.15) is 11.5 Å². The van der Waals surface area contributed by atoms with Crippen molar-refractivity contribution in [1.29, 1.82) is 0 Å². The fourth-order valence-electron chi connectivity index (χ4n) is 1.44. The van der Waals surface area contributed by atoms with Gasteiger partial charge in [0, 0.05) is 17.5 Å². The maximum atomic E-state index is 9.63. The number of aromatic nitrogens is 1. The first-order chi connectivity index (χ1) is 6.83. The predicted molar refractivity (Wildman–Crippen MR) is 53.0 cm³/mol. The minimum absolute atomic E-state index is 0.255. The smallest absolute Gasteiger partial charge is 0.144 e. The molecule has 0 saturated carbocycles. The zero-order valence-corrected chi connectivity index (χ0v) is 7.90. The molecule has 0 aliphatic rings. The van der Waals surface area contributed by atoms with Crippen LogP contribution in [0, 0.1) is 0 Å². The van der Waals surface area contributed by atoms with Gasteiger partial charge in [-0.2, -0.15) is 0 Å². The third kappa shape index (κ3) is 1.37. The Balaban J connectivity index is 2.54. The van der Waals surface area contributed by atoms with E-state index in [0.29, 0.717) is 0 Å². The maximum Gasteiger partial charge on any atom is 0.144 e. The Morgan fingerprint density at radius 3 is 2.79 bits per heavy atom. The molecule has 3 heteroatoms. The summed E-state index contributed by atoms with van der Waals surface area (Å²) in [5.74, 6) is 1.05. The molecule has 0 unspecified atom stereocenters. The lowest BCUT2D eigenvalue weighted by Gasteiger charge is -2.01. The van der Waals surface area contributed by atoms with Crippen LogP contribution in [0.3, 0.4) is 0 Å². The monoisotopic (exact) mass is 189 g/mol. The molecule has 0 radical (unpaired) electrons. The second-order valence-electron chi connectivity index (χ2n) is 3.03. The summed E-state index contributed by atoms with van der Waals surface area (Å²) in [7, 11) is 0. The van der Waals surface area contributed by atoms with Crippen LogP contribution in [0.4, 0.5) is 0 Å². The highest BCUT2D eigenvalue weighted by Gasteiger charge is 2.11. The van der Waals surface area contributed by atoms with Gasteiger partial charge in [-0.1, -0.05) is 30.3 Å². The van der Waals surface area contributed by atoms with Crippen LogP contribution in [0.2, 0.25) is 0 Å². The topological polar surface area (TPSA) is 46.3 Å². The van der Waals surface area contributed by atoms with E-state index in [1.807, 2.05) is 19.1 Å². The van der Waals surface area contributed by atoms with E-state index in [1.165, 1.54) is 0 Å². The Labute approximate surface area is 82.0 Å². The second kappa shape index (κ2) is 3.54. The maximum absolute atomic E-state index is 9.63. The summed E-state index contributed by atoms with van der Waals surface area (Å²) in [5, 5.41) is 13.4. The Hall–Kier alpha value is -1.77. The Morgan fingerprint density at radius 1 is 1.29 bits per heavy atom. The first-order valence-corrected chi connectivity index (χ1v) is 4.55. The van der Waals surface area contributed by atoms with Crippen molar-refractivity contribution in [1.82, 2.24) is 5.16 Å². The molecule has 0 atom stereocenters. The quantitative estimate of drug-likeness (QED) is 0.789. The highest BCUT2D eigenvalue weighted by atomic mass is 16.5. The van der Waals surface area contributed by atoms with Crippen molar-refractivity contribution in [3.8, 4) is 16.9 Å². The zero-order chi connectivity index (χ0) is 9.97. The summed E-state index contributed by atoms with van der Waals surface area (Å²) in [6, 6.07) is 7.17. The molecule has 2 aromatic rings. The number of aromatic hydroxyl groups is 1. The van der Waals surface area contributed by atoms with E-state index in [9.17, 15) is 5.11 Å². The number of aryl methyl sites for hydroxylation is 1. The lowest BCUT2D eigenvalue weighted by molar-refractivity contribution is 0.387. The molecule has 14 heavy (non-hydrogen) atoms. The van der Waals surface area contributed by atoms with Crippen molar-refractivity contribution in [2.45, 2.75) is 13.3 Å². The molecule has 1 N–H and O–H groups in total. The van der Waals surface area contributed by atoms with E-state index >= 15 is 0 Å². The summed E-state index contributed by atoms with van der Waals surface area (Å²) in [5.41, 5.74) is 1.64. The number of rotatable bonds is 2. The van der Waals surface area contributed by atoms with Crippen LogP contribution < -0.4 is 0 Å². The molecule has 1 aromatic carbocycles. The van der Waals surface area contributed by atoms with Gasteiger partial charge >= 0.3 is 0 Å². The Bertz CT molecular complexity index is 434. The van der Waals surface area contributed by atoms with E-state index < -0.39 is 0 Å². The van der Waals surface area contributed by atoms with Crippen LogP contribution in [-0.2, 0) is 6.42 Å². The first-order valence-electron chi connectivity index (χ1n) is 4.55. The number of nitrogens with zero attached hydrogens (tertiary/aromatic N) is 1. The number of hydrogen-bond donors (Lipinski definition) is 1.